The Morgan fingerprint density at radius 2 is 1.67 bits per heavy atom. The first kappa shape index (κ1) is 14.2. The summed E-state index contributed by atoms with van der Waals surface area (Å²) in [5.41, 5.74) is 0.863. The average Bonchev–Trinajstić information content (AvgIpc) is 2.39. The van der Waals surface area contributed by atoms with Gasteiger partial charge in [-0.25, -0.2) is 4.79 Å². The average molecular weight is 253 g/mol. The summed E-state index contributed by atoms with van der Waals surface area (Å²) in [5, 5.41) is 9.27. The Morgan fingerprint density at radius 3 is 2.06 bits per heavy atom. The third-order valence-corrected chi connectivity index (χ3v) is 2.84. The van der Waals surface area contributed by atoms with Crippen LogP contribution in [0.25, 0.3) is 0 Å². The largest absolute Gasteiger partial charge is 0.493 e. The first-order chi connectivity index (χ1) is 8.58. The molecule has 5 heteroatoms. The van der Waals surface area contributed by atoms with Crippen LogP contribution in [0.5, 0.6) is 11.5 Å². The fourth-order valence-electron chi connectivity index (χ4n) is 1.87. The number of carbonyl (C=O) groups is 1. The first-order valence-electron chi connectivity index (χ1n) is 5.83. The Labute approximate surface area is 107 Å². The molecule has 0 spiro atoms. The van der Waals surface area contributed by atoms with Gasteiger partial charge in [-0.1, -0.05) is 0 Å². The molecule has 0 aliphatic rings. The lowest BCUT2D eigenvalue weighted by Gasteiger charge is -2.24. The predicted octanol–water partition coefficient (Wildman–Crippen LogP) is 2.25. The fourth-order valence-corrected chi connectivity index (χ4v) is 1.87. The van der Waals surface area contributed by atoms with E-state index in [4.69, 9.17) is 9.47 Å². The van der Waals surface area contributed by atoms with Crippen molar-refractivity contribution in [1.82, 2.24) is 0 Å². The SMILES string of the molecule is CCN(CC)c1cc(OC)c(OC)cc1C(=O)O. The molecule has 0 saturated carbocycles. The van der Waals surface area contributed by atoms with Crippen molar-refractivity contribution < 1.29 is 19.4 Å². The summed E-state index contributed by atoms with van der Waals surface area (Å²) >= 11 is 0. The van der Waals surface area contributed by atoms with E-state index in [0.717, 1.165) is 13.1 Å². The van der Waals surface area contributed by atoms with Crippen LogP contribution in [0.15, 0.2) is 12.1 Å². The highest BCUT2D eigenvalue weighted by atomic mass is 16.5. The molecule has 0 aliphatic carbocycles. The Morgan fingerprint density at radius 1 is 1.17 bits per heavy atom. The Hall–Kier alpha value is -1.91. The topological polar surface area (TPSA) is 59.0 Å². The van der Waals surface area contributed by atoms with E-state index < -0.39 is 5.97 Å². The second kappa shape index (κ2) is 6.14. The van der Waals surface area contributed by atoms with Crippen LogP contribution < -0.4 is 14.4 Å². The number of rotatable bonds is 6. The monoisotopic (exact) mass is 253 g/mol. The molecule has 0 saturated heterocycles. The number of nitrogens with zero attached hydrogens (tertiary/aromatic N) is 1. The van der Waals surface area contributed by atoms with Gasteiger partial charge < -0.3 is 19.5 Å². The maximum atomic E-state index is 11.3. The fraction of sp³-hybridized carbons (Fsp3) is 0.462. The number of hydrogen-bond donors (Lipinski definition) is 1. The van der Waals surface area contributed by atoms with E-state index >= 15 is 0 Å². The molecular weight excluding hydrogens is 234 g/mol. The third kappa shape index (κ3) is 2.67. The molecule has 0 amide bonds. The van der Waals surface area contributed by atoms with Crippen LogP contribution in [0.1, 0.15) is 24.2 Å². The van der Waals surface area contributed by atoms with Crippen LogP contribution in [-0.2, 0) is 0 Å². The van der Waals surface area contributed by atoms with Gasteiger partial charge in [0.2, 0.25) is 0 Å². The summed E-state index contributed by atoms with van der Waals surface area (Å²) in [5.74, 6) is -0.0203. The third-order valence-electron chi connectivity index (χ3n) is 2.84. The van der Waals surface area contributed by atoms with E-state index in [1.165, 1.54) is 20.3 Å². The number of anilines is 1. The summed E-state index contributed by atoms with van der Waals surface area (Å²) < 4.78 is 10.3. The molecule has 0 fully saturated rings. The van der Waals surface area contributed by atoms with E-state index in [-0.39, 0.29) is 5.56 Å². The van der Waals surface area contributed by atoms with Gasteiger partial charge >= 0.3 is 5.97 Å². The smallest absolute Gasteiger partial charge is 0.337 e. The van der Waals surface area contributed by atoms with Crippen LogP contribution in [0, 0.1) is 0 Å². The van der Waals surface area contributed by atoms with Crippen molar-refractivity contribution in [2.75, 3.05) is 32.2 Å². The number of carboxylic acids is 1. The standard InChI is InChI=1S/C13H19NO4/c1-5-14(6-2)10-8-12(18-4)11(17-3)7-9(10)13(15)16/h7-8H,5-6H2,1-4H3,(H,15,16). The Kier molecular flexibility index (Phi) is 4.83. The molecule has 0 atom stereocenters. The molecule has 0 unspecified atom stereocenters. The molecule has 1 aromatic carbocycles. The number of carboxylic acid groups (broad SMARTS) is 1. The lowest BCUT2D eigenvalue weighted by Crippen LogP contribution is -2.24. The number of benzene rings is 1. The van der Waals surface area contributed by atoms with Crippen LogP contribution in [0.3, 0.4) is 0 Å². The zero-order chi connectivity index (χ0) is 13.7. The maximum absolute atomic E-state index is 11.3. The lowest BCUT2D eigenvalue weighted by atomic mass is 10.1. The van der Waals surface area contributed by atoms with E-state index in [1.807, 2.05) is 18.7 Å². The number of methoxy groups -OCH3 is 2. The van der Waals surface area contributed by atoms with Gasteiger partial charge in [0.1, 0.15) is 0 Å². The molecule has 0 bridgehead atoms. The van der Waals surface area contributed by atoms with E-state index in [0.29, 0.717) is 17.2 Å². The Balaban J connectivity index is 3.41. The van der Waals surface area contributed by atoms with Gasteiger partial charge in [0, 0.05) is 25.2 Å². The van der Waals surface area contributed by atoms with Gasteiger partial charge in [-0.15, -0.1) is 0 Å². The summed E-state index contributed by atoms with van der Waals surface area (Å²) in [4.78, 5) is 13.3. The molecule has 0 heterocycles. The zero-order valence-corrected chi connectivity index (χ0v) is 11.2. The van der Waals surface area contributed by atoms with Gasteiger partial charge in [-0.05, 0) is 13.8 Å². The molecule has 1 rings (SSSR count). The van der Waals surface area contributed by atoms with Crippen LogP contribution in [-0.4, -0.2) is 38.4 Å². The summed E-state index contributed by atoms with van der Waals surface area (Å²) in [6.45, 7) is 5.41. The highest BCUT2D eigenvalue weighted by Gasteiger charge is 2.19. The summed E-state index contributed by atoms with van der Waals surface area (Å²) in [6, 6.07) is 3.20. The quantitative estimate of drug-likeness (QED) is 0.842. The van der Waals surface area contributed by atoms with Crippen molar-refractivity contribution >= 4 is 11.7 Å². The minimum atomic E-state index is -0.974. The van der Waals surface area contributed by atoms with Gasteiger partial charge in [0.15, 0.2) is 11.5 Å². The van der Waals surface area contributed by atoms with Crippen molar-refractivity contribution in [1.29, 1.82) is 0 Å². The molecule has 0 aromatic heterocycles. The van der Waals surface area contributed by atoms with Crippen LogP contribution >= 0.6 is 0 Å². The molecule has 1 aromatic rings. The second-order valence-corrected chi connectivity index (χ2v) is 3.70. The maximum Gasteiger partial charge on any atom is 0.337 e. The number of aromatic carboxylic acids is 1. The molecule has 5 nitrogen and oxygen atoms in total. The minimum Gasteiger partial charge on any atom is -0.493 e. The van der Waals surface area contributed by atoms with Gasteiger partial charge in [0.05, 0.1) is 25.5 Å². The van der Waals surface area contributed by atoms with Crippen LogP contribution in [0.4, 0.5) is 5.69 Å². The van der Waals surface area contributed by atoms with E-state index in [2.05, 4.69) is 0 Å². The van der Waals surface area contributed by atoms with Gasteiger partial charge in [0.25, 0.3) is 0 Å². The van der Waals surface area contributed by atoms with Crippen molar-refractivity contribution in [3.05, 3.63) is 17.7 Å². The molecule has 100 valence electrons. The molecular formula is C13H19NO4. The second-order valence-electron chi connectivity index (χ2n) is 3.70. The van der Waals surface area contributed by atoms with E-state index in [9.17, 15) is 9.90 Å². The lowest BCUT2D eigenvalue weighted by molar-refractivity contribution is 0.0697. The molecule has 0 aliphatic heterocycles. The van der Waals surface area contributed by atoms with E-state index in [1.54, 1.807) is 6.07 Å². The van der Waals surface area contributed by atoms with Crippen molar-refractivity contribution in [3.63, 3.8) is 0 Å². The molecule has 0 radical (unpaired) electrons. The Bertz CT molecular complexity index is 427. The molecule has 1 N–H and O–H groups in total. The van der Waals surface area contributed by atoms with Gasteiger partial charge in [-0.3, -0.25) is 0 Å². The number of hydrogen-bond acceptors (Lipinski definition) is 4. The first-order valence-corrected chi connectivity index (χ1v) is 5.83. The van der Waals surface area contributed by atoms with Gasteiger partial charge in [-0.2, -0.15) is 0 Å². The zero-order valence-electron chi connectivity index (χ0n) is 11.2. The van der Waals surface area contributed by atoms with Crippen molar-refractivity contribution in [2.45, 2.75) is 13.8 Å². The summed E-state index contributed by atoms with van der Waals surface area (Å²) in [6.07, 6.45) is 0. The number of ether oxygens (including phenoxy) is 2. The molecule has 18 heavy (non-hydrogen) atoms. The summed E-state index contributed by atoms with van der Waals surface area (Å²) in [7, 11) is 3.02. The minimum absolute atomic E-state index is 0.219. The van der Waals surface area contributed by atoms with Crippen LogP contribution in [0.2, 0.25) is 0 Å². The predicted molar refractivity (Wildman–Crippen MR) is 70.1 cm³/mol. The van der Waals surface area contributed by atoms with Crippen molar-refractivity contribution in [3.8, 4) is 11.5 Å². The highest BCUT2D eigenvalue weighted by molar-refractivity contribution is 5.95. The highest BCUT2D eigenvalue weighted by Crippen LogP contribution is 2.35. The normalized spacial score (nSPS) is 10.0. The van der Waals surface area contributed by atoms with Crippen molar-refractivity contribution in [2.24, 2.45) is 0 Å².